The Kier molecular flexibility index (Phi) is 3.43. The van der Waals surface area contributed by atoms with Gasteiger partial charge in [-0.05, 0) is 25.2 Å². The third kappa shape index (κ3) is 3.82. The highest BCUT2D eigenvalue weighted by molar-refractivity contribution is 5.04. The first-order valence-electron chi connectivity index (χ1n) is 6.66. The van der Waals surface area contributed by atoms with E-state index in [9.17, 15) is 0 Å². The maximum atomic E-state index is 5.57. The van der Waals surface area contributed by atoms with Crippen LogP contribution < -0.4 is 5.32 Å². The fourth-order valence-corrected chi connectivity index (χ4v) is 1.87. The molecule has 0 atom stereocenters. The number of rotatable bonds is 8. The van der Waals surface area contributed by atoms with Crippen molar-refractivity contribution >= 4 is 0 Å². The predicted octanol–water partition coefficient (Wildman–Crippen LogP) is 2.24. The van der Waals surface area contributed by atoms with Crippen LogP contribution in [0.5, 0.6) is 0 Å². The van der Waals surface area contributed by atoms with Gasteiger partial charge in [-0.2, -0.15) is 0 Å². The smallest absolute Gasteiger partial charge is 0.162 e. The summed E-state index contributed by atoms with van der Waals surface area (Å²) in [5.74, 6) is 1.77. The van der Waals surface area contributed by atoms with Crippen molar-refractivity contribution in [3.63, 3.8) is 0 Å². The van der Waals surface area contributed by atoms with E-state index in [2.05, 4.69) is 10.5 Å². The second-order valence-corrected chi connectivity index (χ2v) is 5.22. The van der Waals surface area contributed by atoms with E-state index in [1.165, 1.54) is 32.1 Å². The van der Waals surface area contributed by atoms with Gasteiger partial charge in [0.05, 0.1) is 5.69 Å². The molecule has 0 amide bonds. The number of aromatic nitrogens is 1. The van der Waals surface area contributed by atoms with Crippen molar-refractivity contribution in [1.29, 1.82) is 0 Å². The molecule has 2 fully saturated rings. The minimum absolute atomic E-state index is 0.559. The molecule has 94 valence electrons. The molecule has 0 spiro atoms. The monoisotopic (exact) mass is 236 g/mol. The fourth-order valence-electron chi connectivity index (χ4n) is 1.87. The van der Waals surface area contributed by atoms with E-state index in [0.29, 0.717) is 12.6 Å². The molecule has 0 saturated heterocycles. The van der Waals surface area contributed by atoms with Gasteiger partial charge in [0, 0.05) is 25.3 Å². The van der Waals surface area contributed by atoms with E-state index < -0.39 is 0 Å². The Morgan fingerprint density at radius 2 is 2.24 bits per heavy atom. The Labute approximate surface area is 102 Å². The first-order chi connectivity index (χ1) is 8.40. The van der Waals surface area contributed by atoms with Gasteiger partial charge in [-0.3, -0.25) is 0 Å². The van der Waals surface area contributed by atoms with Crippen LogP contribution in [0, 0.1) is 5.92 Å². The van der Waals surface area contributed by atoms with Crippen molar-refractivity contribution in [3.8, 4) is 0 Å². The summed E-state index contributed by atoms with van der Waals surface area (Å²) in [6.45, 7) is 2.22. The molecule has 0 aliphatic heterocycles. The van der Waals surface area contributed by atoms with Crippen LogP contribution in [0.15, 0.2) is 10.6 Å². The molecule has 1 N–H and O–H groups in total. The highest BCUT2D eigenvalue weighted by Crippen LogP contribution is 2.32. The Morgan fingerprint density at radius 1 is 1.35 bits per heavy atom. The molecule has 2 saturated carbocycles. The van der Waals surface area contributed by atoms with E-state index in [1.54, 1.807) is 0 Å². The van der Waals surface area contributed by atoms with Gasteiger partial charge in [0.2, 0.25) is 0 Å². The van der Waals surface area contributed by atoms with Crippen molar-refractivity contribution in [3.05, 3.63) is 17.5 Å². The van der Waals surface area contributed by atoms with Gasteiger partial charge in [-0.15, -0.1) is 0 Å². The lowest BCUT2D eigenvalue weighted by Gasteiger charge is -1.99. The molecule has 0 radical (unpaired) electrons. The van der Waals surface area contributed by atoms with Crippen LogP contribution in [0.1, 0.15) is 43.6 Å². The number of hydrogen-bond donors (Lipinski definition) is 1. The van der Waals surface area contributed by atoms with E-state index in [1.807, 2.05) is 6.07 Å². The lowest BCUT2D eigenvalue weighted by atomic mass is 10.3. The summed E-state index contributed by atoms with van der Waals surface area (Å²) in [4.78, 5) is 0. The molecule has 1 heterocycles. The van der Waals surface area contributed by atoms with Crippen LogP contribution >= 0.6 is 0 Å². The average Bonchev–Trinajstić information content (AvgIpc) is 3.24. The Morgan fingerprint density at radius 3 is 3.00 bits per heavy atom. The average molecular weight is 236 g/mol. The van der Waals surface area contributed by atoms with Gasteiger partial charge < -0.3 is 14.6 Å². The number of nitrogens with zero attached hydrogens (tertiary/aromatic N) is 1. The minimum atomic E-state index is 0.559. The van der Waals surface area contributed by atoms with Crippen LogP contribution in [0.2, 0.25) is 0 Å². The first-order valence-corrected chi connectivity index (χ1v) is 6.66. The minimum Gasteiger partial charge on any atom is -0.373 e. The summed E-state index contributed by atoms with van der Waals surface area (Å²) in [5, 5.41) is 7.44. The third-order valence-electron chi connectivity index (χ3n) is 3.37. The van der Waals surface area contributed by atoms with Gasteiger partial charge in [-0.25, -0.2) is 0 Å². The number of hydrogen-bond acceptors (Lipinski definition) is 4. The van der Waals surface area contributed by atoms with E-state index in [0.717, 1.165) is 30.5 Å². The largest absolute Gasteiger partial charge is 0.373 e. The van der Waals surface area contributed by atoms with E-state index in [-0.39, 0.29) is 0 Å². The molecule has 0 unspecified atom stereocenters. The Balaban J connectivity index is 1.33. The number of ether oxygens (including phenoxy) is 1. The SMILES string of the molecule is c1c(CNC2CC2)noc1COCCC1CC1. The zero-order valence-electron chi connectivity index (χ0n) is 10.2. The van der Waals surface area contributed by atoms with Crippen LogP contribution in [0.25, 0.3) is 0 Å². The molecule has 4 nitrogen and oxygen atoms in total. The maximum Gasteiger partial charge on any atom is 0.162 e. The quantitative estimate of drug-likeness (QED) is 0.703. The lowest BCUT2D eigenvalue weighted by molar-refractivity contribution is 0.0961. The van der Waals surface area contributed by atoms with Gasteiger partial charge in [-0.1, -0.05) is 18.0 Å². The highest BCUT2D eigenvalue weighted by atomic mass is 16.5. The summed E-state index contributed by atoms with van der Waals surface area (Å²) < 4.78 is 10.8. The van der Waals surface area contributed by atoms with Gasteiger partial charge in [0.1, 0.15) is 6.61 Å². The second kappa shape index (κ2) is 5.19. The Hall–Kier alpha value is -0.870. The summed E-state index contributed by atoms with van der Waals surface area (Å²) in [6, 6.07) is 2.71. The molecule has 3 rings (SSSR count). The number of nitrogens with one attached hydrogen (secondary N) is 1. The van der Waals surface area contributed by atoms with Crippen molar-refractivity contribution in [2.24, 2.45) is 5.92 Å². The molecule has 2 aliphatic rings. The van der Waals surface area contributed by atoms with E-state index >= 15 is 0 Å². The van der Waals surface area contributed by atoms with Crippen molar-refractivity contribution < 1.29 is 9.26 Å². The molecule has 1 aromatic rings. The summed E-state index contributed by atoms with van der Waals surface area (Å²) >= 11 is 0. The zero-order chi connectivity index (χ0) is 11.5. The van der Waals surface area contributed by atoms with Crippen molar-refractivity contribution in [2.45, 2.75) is 51.3 Å². The van der Waals surface area contributed by atoms with Crippen LogP contribution in [-0.4, -0.2) is 17.8 Å². The lowest BCUT2D eigenvalue weighted by Crippen LogP contribution is -2.15. The molecule has 0 bridgehead atoms. The van der Waals surface area contributed by atoms with Crippen molar-refractivity contribution in [1.82, 2.24) is 10.5 Å². The molecular formula is C13H20N2O2. The summed E-state index contributed by atoms with van der Waals surface area (Å²) in [5.41, 5.74) is 0.984. The third-order valence-corrected chi connectivity index (χ3v) is 3.37. The Bertz CT molecular complexity index is 356. The molecule has 1 aromatic heterocycles. The first kappa shape index (κ1) is 11.2. The maximum absolute atomic E-state index is 5.57. The molecule has 0 aromatic carbocycles. The molecule has 17 heavy (non-hydrogen) atoms. The zero-order valence-corrected chi connectivity index (χ0v) is 10.2. The van der Waals surface area contributed by atoms with Crippen LogP contribution in [-0.2, 0) is 17.9 Å². The predicted molar refractivity (Wildman–Crippen MR) is 63.4 cm³/mol. The highest BCUT2D eigenvalue weighted by Gasteiger charge is 2.21. The fraction of sp³-hybridized carbons (Fsp3) is 0.769. The van der Waals surface area contributed by atoms with Crippen LogP contribution in [0.3, 0.4) is 0 Å². The van der Waals surface area contributed by atoms with Crippen LogP contribution in [0.4, 0.5) is 0 Å². The van der Waals surface area contributed by atoms with Gasteiger partial charge in [0.15, 0.2) is 5.76 Å². The normalized spacial score (nSPS) is 19.8. The summed E-state index contributed by atoms with van der Waals surface area (Å²) in [7, 11) is 0. The van der Waals surface area contributed by atoms with E-state index in [4.69, 9.17) is 9.26 Å². The topological polar surface area (TPSA) is 47.3 Å². The summed E-state index contributed by atoms with van der Waals surface area (Å²) in [6.07, 6.45) is 6.58. The molecule has 4 heteroatoms. The standard InChI is InChI=1S/C13H20N2O2/c1-2-10(1)5-6-16-9-13-7-12(15-17-13)8-14-11-3-4-11/h7,10-11,14H,1-6,8-9H2. The molecular weight excluding hydrogens is 216 g/mol. The molecule has 2 aliphatic carbocycles. The van der Waals surface area contributed by atoms with Gasteiger partial charge in [0.25, 0.3) is 0 Å². The van der Waals surface area contributed by atoms with Gasteiger partial charge >= 0.3 is 0 Å². The second-order valence-electron chi connectivity index (χ2n) is 5.22. The van der Waals surface area contributed by atoms with Crippen molar-refractivity contribution in [2.75, 3.05) is 6.61 Å².